The van der Waals surface area contributed by atoms with Gasteiger partial charge in [-0.25, -0.2) is 4.39 Å². The second-order valence-corrected chi connectivity index (χ2v) is 5.40. The zero-order valence-corrected chi connectivity index (χ0v) is 16.8. The number of nitrogens with zero attached hydrogens (tertiary/aromatic N) is 4. The van der Waals surface area contributed by atoms with Crippen molar-refractivity contribution in [3.05, 3.63) is 46.8 Å². The van der Waals surface area contributed by atoms with Crippen LogP contribution in [0.2, 0.25) is 0 Å². The van der Waals surface area contributed by atoms with Gasteiger partial charge in [0.1, 0.15) is 11.6 Å². The summed E-state index contributed by atoms with van der Waals surface area (Å²) in [6.45, 7) is 5.09. The van der Waals surface area contributed by atoms with Gasteiger partial charge in [-0.05, 0) is 43.5 Å². The number of halogens is 2. The Kier molecular flexibility index (Phi) is 8.09. The van der Waals surface area contributed by atoms with E-state index in [-0.39, 0.29) is 29.8 Å². The Hall–Kier alpha value is -1.71. The van der Waals surface area contributed by atoms with Gasteiger partial charge in [-0.15, -0.1) is 34.2 Å². The van der Waals surface area contributed by atoms with Gasteiger partial charge in [-0.3, -0.25) is 4.99 Å². The minimum Gasteiger partial charge on any atom is -0.356 e. The van der Waals surface area contributed by atoms with Crippen LogP contribution < -0.4 is 10.6 Å². The van der Waals surface area contributed by atoms with Gasteiger partial charge in [0, 0.05) is 20.6 Å². The number of hydrogen-bond acceptors (Lipinski definition) is 3. The highest BCUT2D eigenvalue weighted by Gasteiger charge is 2.06. The molecule has 2 aromatic rings. The molecule has 132 valence electrons. The molecule has 8 heteroatoms. The van der Waals surface area contributed by atoms with Crippen LogP contribution in [0.3, 0.4) is 0 Å². The molecule has 0 saturated heterocycles. The summed E-state index contributed by atoms with van der Waals surface area (Å²) in [6, 6.07) is 4.87. The van der Waals surface area contributed by atoms with Crippen molar-refractivity contribution in [2.45, 2.75) is 26.8 Å². The third-order valence-electron chi connectivity index (χ3n) is 3.81. The van der Waals surface area contributed by atoms with E-state index in [0.717, 1.165) is 29.2 Å². The van der Waals surface area contributed by atoms with Gasteiger partial charge in [0.25, 0.3) is 0 Å². The predicted octanol–water partition coefficient (Wildman–Crippen LogP) is 2.10. The zero-order valence-electron chi connectivity index (χ0n) is 14.4. The van der Waals surface area contributed by atoms with Crippen molar-refractivity contribution in [3.63, 3.8) is 0 Å². The molecule has 0 aliphatic rings. The van der Waals surface area contributed by atoms with Gasteiger partial charge < -0.3 is 15.2 Å². The summed E-state index contributed by atoms with van der Waals surface area (Å²) in [5.41, 5.74) is 2.09. The van der Waals surface area contributed by atoms with Crippen LogP contribution in [0.4, 0.5) is 4.39 Å². The normalized spacial score (nSPS) is 11.1. The van der Waals surface area contributed by atoms with Crippen molar-refractivity contribution >= 4 is 29.9 Å². The number of aryl methyl sites for hydroxylation is 2. The van der Waals surface area contributed by atoms with E-state index in [1.54, 1.807) is 13.1 Å². The van der Waals surface area contributed by atoms with E-state index in [9.17, 15) is 4.39 Å². The summed E-state index contributed by atoms with van der Waals surface area (Å²) >= 11 is 0. The maximum Gasteiger partial charge on any atom is 0.191 e. The fraction of sp³-hybridized carbons (Fsp3) is 0.438. The molecule has 1 aromatic heterocycles. The number of aliphatic imine (C=N–C) groups is 1. The Morgan fingerprint density at radius 3 is 2.58 bits per heavy atom. The Morgan fingerprint density at radius 2 is 2.00 bits per heavy atom. The van der Waals surface area contributed by atoms with E-state index in [0.29, 0.717) is 19.0 Å². The molecule has 0 fully saturated rings. The Bertz CT molecular complexity index is 698. The molecule has 2 rings (SSSR count). The van der Waals surface area contributed by atoms with Crippen molar-refractivity contribution in [1.82, 2.24) is 25.4 Å². The third kappa shape index (κ3) is 5.43. The van der Waals surface area contributed by atoms with Gasteiger partial charge >= 0.3 is 0 Å². The molecule has 0 saturated carbocycles. The molecular formula is C16H24FIN6. The number of aromatic nitrogens is 3. The van der Waals surface area contributed by atoms with Gasteiger partial charge in [0.15, 0.2) is 11.8 Å². The lowest BCUT2D eigenvalue weighted by atomic mass is 10.1. The minimum atomic E-state index is -0.198. The monoisotopic (exact) mass is 446 g/mol. The maximum absolute atomic E-state index is 13.1. The van der Waals surface area contributed by atoms with Crippen LogP contribution >= 0.6 is 24.0 Å². The summed E-state index contributed by atoms with van der Waals surface area (Å²) in [6.07, 6.45) is 0.801. The van der Waals surface area contributed by atoms with Crippen LogP contribution in [-0.2, 0) is 20.0 Å². The molecule has 1 heterocycles. The standard InChI is InChI=1S/C16H23FN6.HI/c1-11-9-14(17)6-5-13(11)7-8-19-16(18-3)20-10-15-22-21-12(2)23(15)4;/h5-6,9H,7-8,10H2,1-4H3,(H2,18,19,20);1H. The highest BCUT2D eigenvalue weighted by atomic mass is 127. The molecule has 0 amide bonds. The minimum absolute atomic E-state index is 0. The molecule has 0 unspecified atom stereocenters. The summed E-state index contributed by atoms with van der Waals surface area (Å²) < 4.78 is 15.0. The Labute approximate surface area is 159 Å². The molecule has 0 atom stereocenters. The molecule has 1 aromatic carbocycles. The van der Waals surface area contributed by atoms with Crippen LogP contribution in [0, 0.1) is 19.7 Å². The van der Waals surface area contributed by atoms with Gasteiger partial charge in [0.2, 0.25) is 0 Å². The first-order valence-corrected chi connectivity index (χ1v) is 7.55. The second-order valence-electron chi connectivity index (χ2n) is 5.40. The van der Waals surface area contributed by atoms with Crippen LogP contribution in [0.25, 0.3) is 0 Å². The van der Waals surface area contributed by atoms with Gasteiger partial charge in [0.05, 0.1) is 6.54 Å². The lowest BCUT2D eigenvalue weighted by molar-refractivity contribution is 0.625. The first-order chi connectivity index (χ1) is 11.0. The second kappa shape index (κ2) is 9.55. The highest BCUT2D eigenvalue weighted by Crippen LogP contribution is 2.10. The van der Waals surface area contributed by atoms with Crippen LogP contribution in [0.15, 0.2) is 23.2 Å². The number of benzene rings is 1. The molecular weight excluding hydrogens is 422 g/mol. The predicted molar refractivity (Wildman–Crippen MR) is 104 cm³/mol. The summed E-state index contributed by atoms with van der Waals surface area (Å²) in [7, 11) is 3.65. The molecule has 0 radical (unpaired) electrons. The quantitative estimate of drug-likeness (QED) is 0.420. The van der Waals surface area contributed by atoms with Crippen molar-refractivity contribution < 1.29 is 4.39 Å². The number of guanidine groups is 1. The Morgan fingerprint density at radius 1 is 1.25 bits per heavy atom. The maximum atomic E-state index is 13.1. The third-order valence-corrected chi connectivity index (χ3v) is 3.81. The van der Waals surface area contributed by atoms with Crippen molar-refractivity contribution in [3.8, 4) is 0 Å². The summed E-state index contributed by atoms with van der Waals surface area (Å²) in [5.74, 6) is 2.22. The van der Waals surface area contributed by atoms with Crippen molar-refractivity contribution in [2.24, 2.45) is 12.0 Å². The largest absolute Gasteiger partial charge is 0.356 e. The SMILES string of the molecule is CN=C(NCCc1ccc(F)cc1C)NCc1nnc(C)n1C.I. The van der Waals surface area contributed by atoms with Gasteiger partial charge in [-0.1, -0.05) is 6.07 Å². The topological polar surface area (TPSA) is 67.1 Å². The molecule has 0 spiro atoms. The number of nitrogens with one attached hydrogen (secondary N) is 2. The lowest BCUT2D eigenvalue weighted by Gasteiger charge is -2.12. The fourth-order valence-electron chi connectivity index (χ4n) is 2.24. The number of hydrogen-bond donors (Lipinski definition) is 2. The van der Waals surface area contributed by atoms with Crippen LogP contribution in [-0.4, -0.2) is 34.3 Å². The van der Waals surface area contributed by atoms with E-state index in [2.05, 4.69) is 25.8 Å². The molecule has 0 aliphatic carbocycles. The highest BCUT2D eigenvalue weighted by molar-refractivity contribution is 14.0. The van der Waals surface area contributed by atoms with E-state index in [4.69, 9.17) is 0 Å². The summed E-state index contributed by atoms with van der Waals surface area (Å²) in [5, 5.41) is 14.6. The summed E-state index contributed by atoms with van der Waals surface area (Å²) in [4.78, 5) is 4.18. The molecule has 0 aliphatic heterocycles. The first-order valence-electron chi connectivity index (χ1n) is 7.55. The smallest absolute Gasteiger partial charge is 0.191 e. The van der Waals surface area contributed by atoms with Crippen molar-refractivity contribution in [2.75, 3.05) is 13.6 Å². The van der Waals surface area contributed by atoms with E-state index in [1.807, 2.05) is 31.5 Å². The molecule has 24 heavy (non-hydrogen) atoms. The fourth-order valence-corrected chi connectivity index (χ4v) is 2.24. The van der Waals surface area contributed by atoms with Crippen molar-refractivity contribution in [1.29, 1.82) is 0 Å². The first kappa shape index (κ1) is 20.3. The average molecular weight is 446 g/mol. The molecule has 0 bridgehead atoms. The average Bonchev–Trinajstić information content (AvgIpc) is 2.84. The molecule has 2 N–H and O–H groups in total. The molecule has 6 nitrogen and oxygen atoms in total. The Balaban J connectivity index is 0.00000288. The van der Waals surface area contributed by atoms with Crippen LogP contribution in [0.5, 0.6) is 0 Å². The van der Waals surface area contributed by atoms with E-state index < -0.39 is 0 Å². The van der Waals surface area contributed by atoms with Crippen LogP contribution in [0.1, 0.15) is 22.8 Å². The number of rotatable bonds is 5. The van der Waals surface area contributed by atoms with E-state index in [1.165, 1.54) is 6.07 Å². The van der Waals surface area contributed by atoms with E-state index >= 15 is 0 Å². The zero-order chi connectivity index (χ0) is 16.8. The lowest BCUT2D eigenvalue weighted by Crippen LogP contribution is -2.38. The van der Waals surface area contributed by atoms with Gasteiger partial charge in [-0.2, -0.15) is 0 Å².